The summed E-state index contributed by atoms with van der Waals surface area (Å²) >= 11 is 0. The van der Waals surface area contributed by atoms with Gasteiger partial charge in [0.2, 0.25) is 0 Å². The van der Waals surface area contributed by atoms with Crippen LogP contribution < -0.4 is 0 Å². The van der Waals surface area contributed by atoms with Crippen molar-refractivity contribution in [3.05, 3.63) is 34.7 Å². The number of ketones is 1. The molecule has 1 aliphatic heterocycles. The maximum absolute atomic E-state index is 12.6. The third-order valence-electron chi connectivity index (χ3n) is 5.97. The van der Waals surface area contributed by atoms with Crippen molar-refractivity contribution in [2.24, 2.45) is 0 Å². The SMILES string of the molecule is C#CC1=C(N2CCC(C)(OC)CC2)c2cc(C(C)(C)CO)ncc2CC1=O. The minimum atomic E-state index is -0.464. The number of methoxy groups -OCH3 is 1. The summed E-state index contributed by atoms with van der Waals surface area (Å²) in [6.07, 6.45) is 9.51. The van der Waals surface area contributed by atoms with Gasteiger partial charge < -0.3 is 14.7 Å². The molecule has 0 amide bonds. The summed E-state index contributed by atoms with van der Waals surface area (Å²) in [5, 5.41) is 9.73. The lowest BCUT2D eigenvalue weighted by molar-refractivity contribution is -0.114. The van der Waals surface area contributed by atoms with E-state index in [-0.39, 0.29) is 24.4 Å². The molecule has 0 spiro atoms. The van der Waals surface area contributed by atoms with Crippen LogP contribution in [0.2, 0.25) is 0 Å². The molecule has 5 nitrogen and oxygen atoms in total. The van der Waals surface area contributed by atoms with E-state index >= 15 is 0 Å². The molecule has 0 bridgehead atoms. The van der Waals surface area contributed by atoms with E-state index in [2.05, 4.69) is 22.7 Å². The van der Waals surface area contributed by atoms with E-state index in [1.54, 1.807) is 13.3 Å². The molecule has 1 fully saturated rings. The number of ether oxygens (including phenoxy) is 1. The van der Waals surface area contributed by atoms with Gasteiger partial charge >= 0.3 is 0 Å². The zero-order chi connectivity index (χ0) is 19.8. The molecule has 0 atom stereocenters. The van der Waals surface area contributed by atoms with E-state index in [0.29, 0.717) is 5.57 Å². The van der Waals surface area contributed by atoms with Gasteiger partial charge in [0, 0.05) is 49.5 Å². The van der Waals surface area contributed by atoms with Crippen LogP contribution in [0.4, 0.5) is 0 Å². The number of fused-ring (bicyclic) bond motifs is 1. The number of aromatic nitrogens is 1. The zero-order valence-electron chi connectivity index (χ0n) is 16.6. The van der Waals surface area contributed by atoms with Gasteiger partial charge in [-0.15, -0.1) is 6.42 Å². The number of aliphatic hydroxyl groups excluding tert-OH is 1. The number of hydrogen-bond acceptors (Lipinski definition) is 5. The number of rotatable bonds is 4. The highest BCUT2D eigenvalue weighted by molar-refractivity contribution is 6.10. The Morgan fingerprint density at radius 1 is 1.41 bits per heavy atom. The monoisotopic (exact) mass is 368 g/mol. The summed E-state index contributed by atoms with van der Waals surface area (Å²) < 4.78 is 5.65. The number of aliphatic hydroxyl groups is 1. The van der Waals surface area contributed by atoms with Crippen LogP contribution in [-0.2, 0) is 21.4 Å². The zero-order valence-corrected chi connectivity index (χ0v) is 16.6. The predicted molar refractivity (Wildman–Crippen MR) is 105 cm³/mol. The van der Waals surface area contributed by atoms with Crippen molar-refractivity contribution in [1.29, 1.82) is 0 Å². The number of Topliss-reactive ketones (excluding diaryl/α,β-unsaturated/α-hetero) is 1. The van der Waals surface area contributed by atoms with Crippen LogP contribution in [0.1, 0.15) is 50.4 Å². The first-order chi connectivity index (χ1) is 12.7. The van der Waals surface area contributed by atoms with Crippen LogP contribution >= 0.6 is 0 Å². The Hall–Kier alpha value is -2.16. The molecular weight excluding hydrogens is 340 g/mol. The summed E-state index contributed by atoms with van der Waals surface area (Å²) in [7, 11) is 1.75. The highest BCUT2D eigenvalue weighted by atomic mass is 16.5. The van der Waals surface area contributed by atoms with E-state index in [0.717, 1.165) is 48.4 Å². The number of allylic oxidation sites excluding steroid dienone is 1. The fourth-order valence-corrected chi connectivity index (χ4v) is 3.71. The summed E-state index contributed by atoms with van der Waals surface area (Å²) in [6.45, 7) is 7.57. The molecule has 2 heterocycles. The van der Waals surface area contributed by atoms with Crippen LogP contribution in [0.3, 0.4) is 0 Å². The highest BCUT2D eigenvalue weighted by Gasteiger charge is 2.35. The van der Waals surface area contributed by atoms with E-state index in [1.165, 1.54) is 0 Å². The van der Waals surface area contributed by atoms with Crippen molar-refractivity contribution in [3.63, 3.8) is 0 Å². The van der Waals surface area contributed by atoms with Gasteiger partial charge in [-0.05, 0) is 31.4 Å². The molecule has 1 saturated heterocycles. The van der Waals surface area contributed by atoms with Crippen molar-refractivity contribution < 1.29 is 14.6 Å². The van der Waals surface area contributed by atoms with E-state index in [4.69, 9.17) is 11.2 Å². The maximum Gasteiger partial charge on any atom is 0.177 e. The Kier molecular flexibility index (Phi) is 5.16. The van der Waals surface area contributed by atoms with Gasteiger partial charge in [0.15, 0.2) is 5.78 Å². The lowest BCUT2D eigenvalue weighted by Crippen LogP contribution is -2.44. The van der Waals surface area contributed by atoms with E-state index in [9.17, 15) is 9.90 Å². The first-order valence-corrected chi connectivity index (χ1v) is 9.39. The molecule has 1 aromatic heterocycles. The molecule has 1 aromatic rings. The Morgan fingerprint density at radius 3 is 2.63 bits per heavy atom. The number of pyridine rings is 1. The number of carbonyl (C=O) groups is 1. The van der Waals surface area contributed by atoms with E-state index in [1.807, 2.05) is 19.9 Å². The first-order valence-electron chi connectivity index (χ1n) is 9.39. The number of hydrogen-bond donors (Lipinski definition) is 1. The van der Waals surface area contributed by atoms with Crippen LogP contribution in [0.15, 0.2) is 17.8 Å². The summed E-state index contributed by atoms with van der Waals surface area (Å²) in [6, 6.07) is 1.99. The van der Waals surface area contributed by atoms with Gasteiger partial charge in [-0.1, -0.05) is 19.8 Å². The van der Waals surface area contributed by atoms with Gasteiger partial charge in [0.25, 0.3) is 0 Å². The average molecular weight is 368 g/mol. The molecular formula is C22H28N2O3. The summed E-state index contributed by atoms with van der Waals surface area (Å²) in [5.74, 6) is 2.60. The molecule has 0 aromatic carbocycles. The Bertz CT molecular complexity index is 824. The largest absolute Gasteiger partial charge is 0.395 e. The van der Waals surface area contributed by atoms with Gasteiger partial charge in [-0.25, -0.2) is 0 Å². The number of likely N-dealkylation sites (tertiary alicyclic amines) is 1. The standard InChI is InChI=1S/C22H28N2O3/c1-6-16-18(26)11-15-13-23-19(21(2,3)14-25)12-17(15)20(16)24-9-7-22(4,27-5)8-10-24/h1,12-13,25H,7-11,14H2,2-5H3. The second kappa shape index (κ2) is 7.10. The molecule has 0 saturated carbocycles. The molecule has 5 heteroatoms. The lowest BCUT2D eigenvalue weighted by atomic mass is 9.83. The number of nitrogens with zero attached hydrogens (tertiary/aromatic N) is 2. The molecule has 3 rings (SSSR count). The predicted octanol–water partition coefficient (Wildman–Crippen LogP) is 2.32. The second-order valence-electron chi connectivity index (χ2n) is 8.38. The van der Waals surface area contributed by atoms with Crippen molar-refractivity contribution in [2.75, 3.05) is 26.8 Å². The van der Waals surface area contributed by atoms with Crippen LogP contribution in [0, 0.1) is 12.3 Å². The molecule has 144 valence electrons. The Morgan fingerprint density at radius 2 is 2.07 bits per heavy atom. The van der Waals surface area contributed by atoms with Crippen molar-refractivity contribution in [3.8, 4) is 12.3 Å². The Labute approximate surface area is 161 Å². The molecule has 0 radical (unpaired) electrons. The summed E-state index contributed by atoms with van der Waals surface area (Å²) in [4.78, 5) is 19.4. The Balaban J connectivity index is 2.07. The van der Waals surface area contributed by atoms with Crippen LogP contribution in [0.25, 0.3) is 5.70 Å². The van der Waals surface area contributed by atoms with E-state index < -0.39 is 5.41 Å². The quantitative estimate of drug-likeness (QED) is 0.827. The molecule has 0 unspecified atom stereocenters. The maximum atomic E-state index is 12.6. The third kappa shape index (κ3) is 3.52. The average Bonchev–Trinajstić information content (AvgIpc) is 2.67. The van der Waals surface area contributed by atoms with Gasteiger partial charge in [-0.2, -0.15) is 0 Å². The number of terminal acetylenes is 1. The number of carbonyl (C=O) groups excluding carboxylic acids is 1. The molecule has 2 aliphatic rings. The van der Waals surface area contributed by atoms with Gasteiger partial charge in [-0.3, -0.25) is 9.78 Å². The summed E-state index contributed by atoms with van der Waals surface area (Å²) in [5.41, 5.74) is 3.33. The van der Waals surface area contributed by atoms with Crippen molar-refractivity contribution >= 4 is 11.5 Å². The molecule has 1 N–H and O–H groups in total. The number of piperidine rings is 1. The highest BCUT2D eigenvalue weighted by Crippen LogP contribution is 2.37. The molecule has 27 heavy (non-hydrogen) atoms. The minimum Gasteiger partial charge on any atom is -0.395 e. The van der Waals surface area contributed by atoms with Gasteiger partial charge in [0.05, 0.1) is 23.5 Å². The fraction of sp³-hybridized carbons (Fsp3) is 0.545. The lowest BCUT2D eigenvalue weighted by Gasteiger charge is -2.42. The van der Waals surface area contributed by atoms with Gasteiger partial charge in [0.1, 0.15) is 0 Å². The topological polar surface area (TPSA) is 62.7 Å². The van der Waals surface area contributed by atoms with Crippen LogP contribution in [-0.4, -0.2) is 53.2 Å². The molecule has 1 aliphatic carbocycles. The minimum absolute atomic E-state index is 0.00529. The smallest absolute Gasteiger partial charge is 0.177 e. The fourth-order valence-electron chi connectivity index (χ4n) is 3.71. The van der Waals surface area contributed by atoms with Crippen molar-refractivity contribution in [2.45, 2.75) is 51.0 Å². The van der Waals surface area contributed by atoms with Crippen molar-refractivity contribution in [1.82, 2.24) is 9.88 Å². The normalized spacial score (nSPS) is 19.7. The first kappa shape index (κ1) is 19.6. The third-order valence-corrected chi connectivity index (χ3v) is 5.97. The second-order valence-corrected chi connectivity index (χ2v) is 8.38. The van der Waals surface area contributed by atoms with Crippen LogP contribution in [0.5, 0.6) is 0 Å².